The molecule has 6 nitrogen and oxygen atoms in total. The van der Waals surface area contributed by atoms with Crippen molar-refractivity contribution < 1.29 is 23.8 Å². The van der Waals surface area contributed by atoms with Gasteiger partial charge in [-0.1, -0.05) is 42.5 Å². The van der Waals surface area contributed by atoms with E-state index in [0.29, 0.717) is 16.7 Å². The van der Waals surface area contributed by atoms with E-state index < -0.39 is 17.9 Å². The molecule has 0 bridgehead atoms. The number of hydrogen-bond donors (Lipinski definition) is 2. The number of hydrogen-bond acceptors (Lipinski definition) is 4. The van der Waals surface area contributed by atoms with Crippen molar-refractivity contribution in [2.75, 3.05) is 7.11 Å². The number of ether oxygens (including phenoxy) is 1. The Morgan fingerprint density at radius 1 is 1.00 bits per heavy atom. The number of aliphatic carboxylic acids is 1. The van der Waals surface area contributed by atoms with Crippen molar-refractivity contribution in [1.82, 2.24) is 5.32 Å². The number of fused-ring (bicyclic) bond motifs is 1. The summed E-state index contributed by atoms with van der Waals surface area (Å²) < 4.78 is 10.8. The van der Waals surface area contributed by atoms with Crippen LogP contribution < -0.4 is 10.1 Å². The molecule has 1 heterocycles. The lowest BCUT2D eigenvalue weighted by Crippen LogP contribution is -2.42. The fourth-order valence-corrected chi connectivity index (χ4v) is 4.00. The number of nitrogens with one attached hydrogen (secondary N) is 1. The van der Waals surface area contributed by atoms with Crippen LogP contribution in [-0.2, 0) is 11.2 Å². The Labute approximate surface area is 191 Å². The van der Waals surface area contributed by atoms with Crippen LogP contribution >= 0.6 is 0 Å². The lowest BCUT2D eigenvalue weighted by Gasteiger charge is -2.15. The SMILES string of the molecule is COc1ccc2oc(C(=O)NC(Cc3ccc(-c4c(C)cccc4C)cc3)C(=O)O)cc2c1. The fraction of sp³-hybridized carbons (Fsp3) is 0.185. The topological polar surface area (TPSA) is 88.8 Å². The van der Waals surface area contributed by atoms with Gasteiger partial charge in [0.05, 0.1) is 7.11 Å². The van der Waals surface area contributed by atoms with Crippen molar-refractivity contribution in [2.45, 2.75) is 26.3 Å². The maximum atomic E-state index is 12.7. The summed E-state index contributed by atoms with van der Waals surface area (Å²) in [7, 11) is 1.56. The third-order valence-corrected chi connectivity index (χ3v) is 5.71. The van der Waals surface area contributed by atoms with Crippen molar-refractivity contribution in [3.05, 3.63) is 89.2 Å². The van der Waals surface area contributed by atoms with E-state index in [1.54, 1.807) is 31.4 Å². The number of furan rings is 1. The molecule has 0 aliphatic heterocycles. The predicted molar refractivity (Wildman–Crippen MR) is 127 cm³/mol. The molecule has 0 spiro atoms. The summed E-state index contributed by atoms with van der Waals surface area (Å²) in [5, 5.41) is 13.0. The van der Waals surface area contributed by atoms with Gasteiger partial charge in [0.15, 0.2) is 5.76 Å². The first-order chi connectivity index (χ1) is 15.9. The van der Waals surface area contributed by atoms with Gasteiger partial charge in [-0.05, 0) is 65.9 Å². The number of amides is 1. The first-order valence-electron chi connectivity index (χ1n) is 10.6. The van der Waals surface area contributed by atoms with Gasteiger partial charge in [-0.15, -0.1) is 0 Å². The van der Waals surface area contributed by atoms with Crippen molar-refractivity contribution in [3.63, 3.8) is 0 Å². The van der Waals surface area contributed by atoms with Crippen LogP contribution in [0.25, 0.3) is 22.1 Å². The summed E-state index contributed by atoms with van der Waals surface area (Å²) in [5.41, 5.74) is 5.95. The highest BCUT2D eigenvalue weighted by atomic mass is 16.5. The summed E-state index contributed by atoms with van der Waals surface area (Å²) in [5.74, 6) is -0.998. The minimum Gasteiger partial charge on any atom is -0.497 e. The molecule has 0 fully saturated rings. The summed E-state index contributed by atoms with van der Waals surface area (Å²) >= 11 is 0. The number of benzene rings is 3. The van der Waals surface area contributed by atoms with Gasteiger partial charge in [0.2, 0.25) is 0 Å². The van der Waals surface area contributed by atoms with Gasteiger partial charge in [0, 0.05) is 11.8 Å². The third kappa shape index (κ3) is 4.75. The molecule has 1 aromatic heterocycles. The fourth-order valence-electron chi connectivity index (χ4n) is 4.00. The maximum absolute atomic E-state index is 12.7. The summed E-state index contributed by atoms with van der Waals surface area (Å²) in [6.45, 7) is 4.14. The zero-order valence-corrected chi connectivity index (χ0v) is 18.7. The van der Waals surface area contributed by atoms with E-state index >= 15 is 0 Å². The molecule has 1 atom stereocenters. The molecule has 0 saturated carbocycles. The second-order valence-corrected chi connectivity index (χ2v) is 8.05. The lowest BCUT2D eigenvalue weighted by molar-refractivity contribution is -0.139. The predicted octanol–water partition coefficient (Wildman–Crippen LogP) is 5.15. The molecule has 168 valence electrons. The van der Waals surface area contributed by atoms with Gasteiger partial charge >= 0.3 is 5.97 Å². The standard InChI is InChI=1S/C27H25NO5/c1-16-5-4-6-17(2)25(16)19-9-7-18(8-10-19)13-22(27(30)31)28-26(29)24-15-20-14-21(32-3)11-12-23(20)33-24/h4-12,14-15,22H,13H2,1-3H3,(H,28,29)(H,30,31). The number of carboxylic acids is 1. The number of carboxylic acid groups (broad SMARTS) is 1. The summed E-state index contributed by atoms with van der Waals surface area (Å²) in [4.78, 5) is 24.5. The number of carbonyl (C=O) groups is 2. The molecule has 3 aromatic carbocycles. The highest BCUT2D eigenvalue weighted by Crippen LogP contribution is 2.28. The van der Waals surface area contributed by atoms with Gasteiger partial charge in [-0.2, -0.15) is 0 Å². The molecule has 1 unspecified atom stereocenters. The number of rotatable bonds is 7. The Hall–Kier alpha value is -4.06. The van der Waals surface area contributed by atoms with Crippen molar-refractivity contribution in [2.24, 2.45) is 0 Å². The average Bonchev–Trinajstić information content (AvgIpc) is 3.23. The third-order valence-electron chi connectivity index (χ3n) is 5.71. The number of aryl methyl sites for hydroxylation is 2. The molecule has 4 rings (SSSR count). The zero-order chi connectivity index (χ0) is 23.5. The molecule has 0 aliphatic carbocycles. The average molecular weight is 443 g/mol. The molecule has 6 heteroatoms. The van der Waals surface area contributed by atoms with Gasteiger partial charge in [0.25, 0.3) is 5.91 Å². The highest BCUT2D eigenvalue weighted by Gasteiger charge is 2.23. The van der Waals surface area contributed by atoms with E-state index in [-0.39, 0.29) is 12.2 Å². The van der Waals surface area contributed by atoms with Crippen LogP contribution in [0.3, 0.4) is 0 Å². The van der Waals surface area contributed by atoms with Crippen LogP contribution in [0.2, 0.25) is 0 Å². The smallest absolute Gasteiger partial charge is 0.326 e. The summed E-state index contributed by atoms with van der Waals surface area (Å²) in [6, 6.07) is 19.6. The van der Waals surface area contributed by atoms with Crippen LogP contribution in [0.4, 0.5) is 0 Å². The van der Waals surface area contributed by atoms with Gasteiger partial charge < -0.3 is 19.6 Å². The first kappa shape index (κ1) is 22.1. The lowest BCUT2D eigenvalue weighted by atomic mass is 9.94. The minimum atomic E-state index is -1.11. The van der Waals surface area contributed by atoms with Crippen LogP contribution in [0.15, 0.2) is 71.1 Å². The molecule has 2 N–H and O–H groups in total. The van der Waals surface area contributed by atoms with Crippen LogP contribution in [-0.4, -0.2) is 30.1 Å². The molecular weight excluding hydrogens is 418 g/mol. The summed E-state index contributed by atoms with van der Waals surface area (Å²) in [6.07, 6.45) is 0.155. The Morgan fingerprint density at radius 3 is 2.33 bits per heavy atom. The molecule has 0 aliphatic rings. The van der Waals surface area contributed by atoms with E-state index in [1.807, 2.05) is 30.3 Å². The second-order valence-electron chi connectivity index (χ2n) is 8.05. The normalized spacial score (nSPS) is 11.8. The maximum Gasteiger partial charge on any atom is 0.326 e. The van der Waals surface area contributed by atoms with E-state index in [2.05, 4.69) is 31.3 Å². The Balaban J connectivity index is 1.50. The number of methoxy groups -OCH3 is 1. The molecule has 0 saturated heterocycles. The van der Waals surface area contributed by atoms with E-state index in [1.165, 1.54) is 16.7 Å². The number of carbonyl (C=O) groups excluding carboxylic acids is 1. The molecular formula is C27H25NO5. The van der Waals surface area contributed by atoms with Gasteiger partial charge in [-0.3, -0.25) is 4.79 Å². The van der Waals surface area contributed by atoms with E-state index in [9.17, 15) is 14.7 Å². The largest absolute Gasteiger partial charge is 0.497 e. The van der Waals surface area contributed by atoms with Gasteiger partial charge in [-0.25, -0.2) is 4.79 Å². The molecule has 0 radical (unpaired) electrons. The Kier molecular flexibility index (Phi) is 6.18. The Morgan fingerprint density at radius 2 is 1.70 bits per heavy atom. The quantitative estimate of drug-likeness (QED) is 0.412. The monoisotopic (exact) mass is 443 g/mol. The van der Waals surface area contributed by atoms with E-state index in [4.69, 9.17) is 9.15 Å². The van der Waals surface area contributed by atoms with Crippen LogP contribution in [0, 0.1) is 13.8 Å². The highest BCUT2D eigenvalue weighted by molar-refractivity contribution is 5.98. The van der Waals surface area contributed by atoms with Crippen LogP contribution in [0.1, 0.15) is 27.2 Å². The second kappa shape index (κ2) is 9.20. The van der Waals surface area contributed by atoms with Crippen molar-refractivity contribution >= 4 is 22.8 Å². The first-order valence-corrected chi connectivity index (χ1v) is 10.6. The Bertz CT molecular complexity index is 1300. The van der Waals surface area contributed by atoms with E-state index in [0.717, 1.165) is 11.1 Å². The van der Waals surface area contributed by atoms with Crippen LogP contribution in [0.5, 0.6) is 5.75 Å². The van der Waals surface area contributed by atoms with Gasteiger partial charge in [0.1, 0.15) is 17.4 Å². The zero-order valence-electron chi connectivity index (χ0n) is 18.7. The molecule has 1 amide bonds. The minimum absolute atomic E-state index is 0.0508. The molecule has 33 heavy (non-hydrogen) atoms. The molecule has 4 aromatic rings. The van der Waals surface area contributed by atoms with Crippen molar-refractivity contribution in [3.8, 4) is 16.9 Å². The van der Waals surface area contributed by atoms with Crippen molar-refractivity contribution in [1.29, 1.82) is 0 Å².